The van der Waals surface area contributed by atoms with E-state index < -0.39 is 22.7 Å². The molecule has 2 nitrogen and oxygen atoms in total. The Hall–Kier alpha value is 0.508. The van der Waals surface area contributed by atoms with E-state index >= 15 is 0 Å². The van der Waals surface area contributed by atoms with Crippen LogP contribution in [0.4, 0.5) is 0 Å². The summed E-state index contributed by atoms with van der Waals surface area (Å²) in [5.74, 6) is 0. The first-order chi connectivity index (χ1) is 3.06. The first-order valence-corrected chi connectivity index (χ1v) is 7.95. The fraction of sp³-hybridized carbons (Fsp3) is 1.00. The van der Waals surface area contributed by atoms with E-state index in [0.717, 1.165) is 5.21 Å². The maximum absolute atomic E-state index is 10.3. The molecule has 0 fully saturated rings. The summed E-state index contributed by atoms with van der Waals surface area (Å²) in [4.78, 5) is 0. The summed E-state index contributed by atoms with van der Waals surface area (Å²) in [6, 6.07) is 0. The van der Waals surface area contributed by atoms with E-state index in [1.807, 2.05) is 6.92 Å². The van der Waals surface area contributed by atoms with Gasteiger partial charge in [0.25, 0.3) is 0 Å². The van der Waals surface area contributed by atoms with E-state index in [9.17, 15) is 8.42 Å². The molecule has 44 valence electrons. The van der Waals surface area contributed by atoms with Gasteiger partial charge in [0.05, 0.1) is 0 Å². The molecule has 0 aliphatic rings. The summed E-state index contributed by atoms with van der Waals surface area (Å²) in [6.07, 6.45) is 1.30. The van der Waals surface area contributed by atoms with Gasteiger partial charge in [0, 0.05) is 0 Å². The predicted octanol–water partition coefficient (Wildman–Crippen LogP) is -0.179. The molecule has 0 N–H and O–H groups in total. The molecule has 0 amide bonds. The average Bonchev–Trinajstić information content (AvgIpc) is 1.30. The molecule has 0 spiro atoms. The normalized spacial score (nSPS) is 13.4. The van der Waals surface area contributed by atoms with Crippen LogP contribution < -0.4 is 0 Å². The van der Waals surface area contributed by atoms with Crippen molar-refractivity contribution in [3.63, 3.8) is 0 Å². The van der Waals surface area contributed by atoms with Gasteiger partial charge in [0.15, 0.2) is 0 Å². The van der Waals surface area contributed by atoms with Gasteiger partial charge in [-0.05, 0) is 0 Å². The van der Waals surface area contributed by atoms with Crippen molar-refractivity contribution in [2.24, 2.45) is 0 Å². The van der Waals surface area contributed by atoms with Crippen LogP contribution in [0.2, 0.25) is 5.21 Å². The maximum atomic E-state index is 10.3. The molecule has 0 aromatic rings. The van der Waals surface area contributed by atoms with E-state index in [4.69, 9.17) is 0 Å². The summed E-state index contributed by atoms with van der Waals surface area (Å²) < 4.78 is 20.6. The second-order valence-electron chi connectivity index (χ2n) is 1.27. The first kappa shape index (κ1) is 7.51. The van der Waals surface area contributed by atoms with E-state index in [0.29, 0.717) is 0 Å². The predicted molar refractivity (Wildman–Crippen MR) is 32.5 cm³/mol. The van der Waals surface area contributed by atoms with Gasteiger partial charge >= 0.3 is 49.5 Å². The molecule has 0 aliphatic heterocycles. The summed E-state index contributed by atoms with van der Waals surface area (Å²) in [7, 11) is -2.55. The van der Waals surface area contributed by atoms with Gasteiger partial charge in [0.2, 0.25) is 0 Å². The minimum atomic E-state index is -2.55. The van der Waals surface area contributed by atoms with Crippen molar-refractivity contribution in [1.82, 2.24) is 0 Å². The van der Waals surface area contributed by atoms with Gasteiger partial charge in [-0.1, -0.05) is 0 Å². The van der Waals surface area contributed by atoms with E-state index in [1.54, 1.807) is 0 Å². The molecule has 0 heterocycles. The van der Waals surface area contributed by atoms with E-state index in [-0.39, 0.29) is 0 Å². The van der Waals surface area contributed by atoms with Crippen LogP contribution in [0.5, 0.6) is 0 Å². The Labute approximate surface area is 49.9 Å². The molecule has 0 bridgehead atoms. The zero-order valence-corrected chi connectivity index (χ0v) is 7.35. The zero-order valence-electron chi connectivity index (χ0n) is 4.43. The molecular formula is C3H9AsO2S. The molecule has 1 atom stereocenters. The van der Waals surface area contributed by atoms with Crippen LogP contribution in [0.3, 0.4) is 0 Å². The van der Waals surface area contributed by atoms with Crippen LogP contribution in [0, 0.1) is 0 Å². The van der Waals surface area contributed by atoms with Crippen molar-refractivity contribution in [3.05, 3.63) is 0 Å². The van der Waals surface area contributed by atoms with Crippen LogP contribution in [0.25, 0.3) is 0 Å². The Morgan fingerprint density at radius 1 is 1.57 bits per heavy atom. The fourth-order valence-electron chi connectivity index (χ4n) is 0.262. The fourth-order valence-corrected chi connectivity index (χ4v) is 4.09. The Balaban J connectivity index is 3.60. The standard InChI is InChI=1S/C3H9AsO2S/c1-3-4-7(2,5)6/h4H,3H2,1-2H3. The van der Waals surface area contributed by atoms with Gasteiger partial charge in [0.1, 0.15) is 0 Å². The van der Waals surface area contributed by atoms with Crippen molar-refractivity contribution in [1.29, 1.82) is 0 Å². The number of hydrogen-bond donors (Lipinski definition) is 0. The Morgan fingerprint density at radius 2 is 2.00 bits per heavy atom. The van der Waals surface area contributed by atoms with Gasteiger partial charge in [-0.25, -0.2) is 0 Å². The van der Waals surface area contributed by atoms with Gasteiger partial charge in [-0.3, -0.25) is 0 Å². The first-order valence-electron chi connectivity index (χ1n) is 2.01. The molecule has 0 saturated heterocycles. The van der Waals surface area contributed by atoms with Gasteiger partial charge in [-0.15, -0.1) is 0 Å². The Bertz CT molecular complexity index is 126. The summed E-state index contributed by atoms with van der Waals surface area (Å²) >= 11 is -0.660. The van der Waals surface area contributed by atoms with Crippen molar-refractivity contribution in [2.45, 2.75) is 12.1 Å². The summed E-state index contributed by atoms with van der Waals surface area (Å²) in [5, 5.41) is 0.846. The zero-order chi connectivity index (χ0) is 5.91. The molecular weight excluding hydrogens is 175 g/mol. The molecule has 0 saturated carbocycles. The van der Waals surface area contributed by atoms with Gasteiger partial charge < -0.3 is 0 Å². The van der Waals surface area contributed by atoms with Crippen molar-refractivity contribution < 1.29 is 8.42 Å². The van der Waals surface area contributed by atoms with Crippen molar-refractivity contribution in [2.75, 3.05) is 6.26 Å². The van der Waals surface area contributed by atoms with Crippen LogP contribution in [0.1, 0.15) is 6.92 Å². The summed E-state index contributed by atoms with van der Waals surface area (Å²) in [5.41, 5.74) is 0. The Kier molecular flexibility index (Phi) is 2.93. The van der Waals surface area contributed by atoms with E-state index in [1.165, 1.54) is 6.26 Å². The van der Waals surface area contributed by atoms with Crippen molar-refractivity contribution in [3.8, 4) is 0 Å². The number of rotatable bonds is 2. The van der Waals surface area contributed by atoms with Crippen LogP contribution in [0.15, 0.2) is 0 Å². The third kappa shape index (κ3) is 6.51. The molecule has 4 heteroatoms. The van der Waals surface area contributed by atoms with E-state index in [2.05, 4.69) is 0 Å². The monoisotopic (exact) mass is 184 g/mol. The SMILES string of the molecule is CC[AsH]S(C)(=O)=O. The molecule has 0 aromatic heterocycles. The molecule has 7 heavy (non-hydrogen) atoms. The number of hydrogen-bond acceptors (Lipinski definition) is 2. The minimum absolute atomic E-state index is 0.660. The third-order valence-electron chi connectivity index (χ3n) is 0.407. The molecule has 1 unspecified atom stereocenters. The van der Waals surface area contributed by atoms with Crippen molar-refractivity contribution >= 4 is 22.7 Å². The molecule has 0 aliphatic carbocycles. The topological polar surface area (TPSA) is 34.1 Å². The quantitative estimate of drug-likeness (QED) is 0.558. The summed E-state index contributed by atoms with van der Waals surface area (Å²) in [6.45, 7) is 1.90. The molecule has 0 rings (SSSR count). The van der Waals surface area contributed by atoms with Gasteiger partial charge in [-0.2, -0.15) is 0 Å². The third-order valence-corrected chi connectivity index (χ3v) is 6.34. The van der Waals surface area contributed by atoms with Crippen LogP contribution in [-0.4, -0.2) is 29.3 Å². The second-order valence-corrected chi connectivity index (χ2v) is 11.1. The average molecular weight is 184 g/mol. The molecule has 0 aromatic carbocycles. The second kappa shape index (κ2) is 2.73. The molecule has 0 radical (unpaired) electrons. The van der Waals surface area contributed by atoms with Crippen LogP contribution in [-0.2, 0) is 8.10 Å². The Morgan fingerprint density at radius 3 is 2.00 bits per heavy atom. The van der Waals surface area contributed by atoms with Crippen LogP contribution >= 0.6 is 0 Å².